The van der Waals surface area contributed by atoms with E-state index in [4.69, 9.17) is 9.47 Å². The first-order valence-electron chi connectivity index (χ1n) is 17.0. The van der Waals surface area contributed by atoms with Gasteiger partial charge < -0.3 is 40.1 Å². The molecule has 7 rings (SSSR count). The Hall–Kier alpha value is -0.360. The van der Waals surface area contributed by atoms with E-state index in [-0.39, 0.29) is 23.5 Å². The van der Waals surface area contributed by atoms with E-state index in [1.54, 1.807) is 0 Å². The van der Waals surface area contributed by atoms with Gasteiger partial charge in [-0.15, -0.1) is 0 Å². The van der Waals surface area contributed by atoms with E-state index in [1.165, 1.54) is 19.3 Å². The third kappa shape index (κ3) is 4.58. The molecule has 4 aliphatic carbocycles. The van der Waals surface area contributed by atoms with E-state index < -0.39 is 49.0 Å². The van der Waals surface area contributed by atoms with Crippen LogP contribution in [0.2, 0.25) is 0 Å². The number of aliphatic hydroxyl groups is 6. The zero-order valence-electron chi connectivity index (χ0n) is 25.7. The third-order valence-corrected chi connectivity index (χ3v) is 14.2. The number of hydrogen-bond acceptors (Lipinski definition) is 9. The van der Waals surface area contributed by atoms with Crippen molar-refractivity contribution in [1.29, 1.82) is 0 Å². The Morgan fingerprint density at radius 3 is 2.33 bits per heavy atom. The highest BCUT2D eigenvalue weighted by Gasteiger charge is 2.64. The maximum Gasteiger partial charge on any atom is 0.186 e. The molecule has 9 heteroatoms. The van der Waals surface area contributed by atoms with E-state index in [0.717, 1.165) is 45.2 Å². The van der Waals surface area contributed by atoms with Gasteiger partial charge >= 0.3 is 0 Å². The molecule has 0 spiro atoms. The molecule has 0 radical (unpaired) electrons. The molecule has 6 N–H and O–H groups in total. The van der Waals surface area contributed by atoms with Crippen molar-refractivity contribution in [2.45, 2.75) is 133 Å². The van der Waals surface area contributed by atoms with Crippen LogP contribution in [0.5, 0.6) is 0 Å². The van der Waals surface area contributed by atoms with Gasteiger partial charge in [0.1, 0.15) is 24.4 Å². The first-order chi connectivity index (χ1) is 19.9. The van der Waals surface area contributed by atoms with Gasteiger partial charge in [0, 0.05) is 19.1 Å². The van der Waals surface area contributed by atoms with Crippen molar-refractivity contribution in [2.24, 2.45) is 52.8 Å². The first-order valence-corrected chi connectivity index (χ1v) is 17.0. The van der Waals surface area contributed by atoms with Gasteiger partial charge in [0.2, 0.25) is 0 Å². The van der Waals surface area contributed by atoms with Gasteiger partial charge in [-0.2, -0.15) is 0 Å². The predicted molar refractivity (Wildman–Crippen MR) is 154 cm³/mol. The second kappa shape index (κ2) is 10.9. The van der Waals surface area contributed by atoms with E-state index in [1.807, 2.05) is 0 Å². The minimum Gasteiger partial charge on any atom is -0.394 e. The van der Waals surface area contributed by atoms with Gasteiger partial charge in [0.05, 0.1) is 24.4 Å². The average Bonchev–Trinajstić information content (AvgIpc) is 3.33. The maximum atomic E-state index is 12.0. The summed E-state index contributed by atoms with van der Waals surface area (Å²) in [4.78, 5) is 2.64. The summed E-state index contributed by atoms with van der Waals surface area (Å²) in [7, 11) is 0. The summed E-state index contributed by atoms with van der Waals surface area (Å²) in [6.07, 6.45) is 1.96. The molecule has 0 amide bonds. The van der Waals surface area contributed by atoms with Crippen LogP contribution in [0.4, 0.5) is 0 Å². The fourth-order valence-electron chi connectivity index (χ4n) is 12.1. The topological polar surface area (TPSA) is 143 Å². The summed E-state index contributed by atoms with van der Waals surface area (Å²) in [6.45, 7) is 8.63. The molecule has 7 fully saturated rings. The summed E-state index contributed by atoms with van der Waals surface area (Å²) in [5, 5.41) is 64.1. The van der Waals surface area contributed by atoms with Crippen LogP contribution in [0.1, 0.15) is 78.6 Å². The lowest BCUT2D eigenvalue weighted by molar-refractivity contribution is -0.317. The lowest BCUT2D eigenvalue weighted by atomic mass is 9.51. The normalized spacial score (nSPS) is 59.6. The molecule has 0 aromatic heterocycles. The van der Waals surface area contributed by atoms with Crippen LogP contribution in [0.15, 0.2) is 0 Å². The zero-order chi connectivity index (χ0) is 29.7. The van der Waals surface area contributed by atoms with Crippen molar-refractivity contribution in [2.75, 3.05) is 19.7 Å². The lowest BCUT2D eigenvalue weighted by Crippen LogP contribution is -2.67. The Balaban J connectivity index is 1.07. The van der Waals surface area contributed by atoms with Crippen LogP contribution in [-0.2, 0) is 9.47 Å². The highest BCUT2D eigenvalue weighted by atomic mass is 16.7. The molecule has 0 unspecified atom stereocenters. The smallest absolute Gasteiger partial charge is 0.186 e. The third-order valence-electron chi connectivity index (χ3n) is 14.2. The molecule has 0 aromatic rings. The molecule has 9 nitrogen and oxygen atoms in total. The zero-order valence-corrected chi connectivity index (χ0v) is 25.7. The van der Waals surface area contributed by atoms with Gasteiger partial charge in [0.25, 0.3) is 0 Å². The Bertz CT molecular complexity index is 995. The molecule has 3 saturated heterocycles. The SMILES string of the molecule is C[C@@H]1CC[C@H]2N(C1)C[C@H]1[C@@H]3C[C@H]4[C@@H](C[C@H](O)[C@H]5C[C@@H](O[C@@H]6O[C@H](CO)[C@@H](O)[C@H](O)[C@H]6O)CC[C@@]54C)[C@@H]3CC[C@@H]1[C@]2(C)O. The molecular formula is C33H55NO8. The average molecular weight is 594 g/mol. The van der Waals surface area contributed by atoms with Gasteiger partial charge in [0.15, 0.2) is 6.29 Å². The van der Waals surface area contributed by atoms with E-state index in [0.29, 0.717) is 47.8 Å². The Morgan fingerprint density at radius 1 is 0.786 bits per heavy atom. The van der Waals surface area contributed by atoms with E-state index in [9.17, 15) is 30.6 Å². The second-order valence-electron chi connectivity index (χ2n) is 16.2. The number of nitrogens with zero attached hydrogens (tertiary/aromatic N) is 1. The largest absolute Gasteiger partial charge is 0.394 e. The number of aliphatic hydroxyl groups excluding tert-OH is 5. The molecule has 3 aliphatic heterocycles. The van der Waals surface area contributed by atoms with Crippen LogP contribution < -0.4 is 0 Å². The second-order valence-corrected chi connectivity index (χ2v) is 16.2. The van der Waals surface area contributed by atoms with Crippen molar-refractivity contribution < 1.29 is 40.1 Å². The number of piperidine rings is 2. The summed E-state index contributed by atoms with van der Waals surface area (Å²) in [5.74, 6) is 3.97. The molecular weight excluding hydrogens is 538 g/mol. The summed E-state index contributed by atoms with van der Waals surface area (Å²) < 4.78 is 11.8. The standard InChI is InChI=1S/C33H55NO8/c1-16-4-7-27-33(3,40)22-6-5-18-19(21(22)14-34(27)13-16)11-23-20(18)12-25(36)24-10-17(8-9-32(23,24)2)41-31-30(39)29(38)28(37)26(15-35)42-31/h16-31,35-40H,4-15H2,1-3H3/t16-,17+,18-,19-,20+,21+,22+,23+,24-,25+,26-,27-,28-,29+,30-,31-,32-,33+/m1/s1. The van der Waals surface area contributed by atoms with Crippen LogP contribution in [0.3, 0.4) is 0 Å². The molecule has 3 heterocycles. The van der Waals surface area contributed by atoms with Crippen LogP contribution in [-0.4, -0.2) is 110 Å². The number of fused-ring (bicyclic) bond motifs is 8. The monoisotopic (exact) mass is 593 g/mol. The van der Waals surface area contributed by atoms with Crippen molar-refractivity contribution >= 4 is 0 Å². The number of rotatable bonds is 3. The van der Waals surface area contributed by atoms with Crippen molar-refractivity contribution in [3.05, 3.63) is 0 Å². The fourth-order valence-corrected chi connectivity index (χ4v) is 12.1. The van der Waals surface area contributed by atoms with Gasteiger partial charge in [-0.05, 0) is 117 Å². The molecule has 7 aliphatic rings. The fraction of sp³-hybridized carbons (Fsp3) is 1.00. The number of ether oxygens (including phenoxy) is 2. The summed E-state index contributed by atoms with van der Waals surface area (Å²) in [5.41, 5.74) is -0.628. The van der Waals surface area contributed by atoms with Crippen LogP contribution in [0, 0.1) is 52.8 Å². The van der Waals surface area contributed by atoms with Gasteiger partial charge in [-0.1, -0.05) is 13.8 Å². The molecule has 18 atom stereocenters. The minimum atomic E-state index is -1.45. The minimum absolute atomic E-state index is 0.00374. The van der Waals surface area contributed by atoms with Gasteiger partial charge in [-0.25, -0.2) is 0 Å². The van der Waals surface area contributed by atoms with Crippen LogP contribution in [0.25, 0.3) is 0 Å². The highest BCUT2D eigenvalue weighted by Crippen LogP contribution is 2.67. The highest BCUT2D eigenvalue weighted by molar-refractivity contribution is 5.14. The Labute approximate surface area is 250 Å². The summed E-state index contributed by atoms with van der Waals surface area (Å²) in [6, 6.07) is 0.290. The molecule has 0 aromatic carbocycles. The number of hydrogen-bond donors (Lipinski definition) is 6. The first kappa shape index (κ1) is 30.3. The predicted octanol–water partition coefficient (Wildman–Crippen LogP) is 1.50. The molecule has 240 valence electrons. The van der Waals surface area contributed by atoms with E-state index in [2.05, 4.69) is 25.7 Å². The van der Waals surface area contributed by atoms with Crippen molar-refractivity contribution in [3.8, 4) is 0 Å². The maximum absolute atomic E-state index is 12.0. The molecule has 42 heavy (non-hydrogen) atoms. The summed E-state index contributed by atoms with van der Waals surface area (Å²) >= 11 is 0. The van der Waals surface area contributed by atoms with Crippen molar-refractivity contribution in [1.82, 2.24) is 4.90 Å². The molecule has 4 saturated carbocycles. The Morgan fingerprint density at radius 2 is 1.57 bits per heavy atom. The molecule has 0 bridgehead atoms. The quantitative estimate of drug-likeness (QED) is 0.269. The van der Waals surface area contributed by atoms with Gasteiger partial charge in [-0.3, -0.25) is 4.90 Å². The van der Waals surface area contributed by atoms with Crippen molar-refractivity contribution in [3.63, 3.8) is 0 Å². The van der Waals surface area contributed by atoms with E-state index >= 15 is 0 Å². The Kier molecular flexibility index (Phi) is 7.84. The van der Waals surface area contributed by atoms with Crippen LogP contribution >= 0.6 is 0 Å². The lowest BCUT2D eigenvalue weighted by Gasteiger charge is -2.60.